The average molecular weight is 541 g/mol. The van der Waals surface area contributed by atoms with Crippen LogP contribution in [0.3, 0.4) is 0 Å². The first-order chi connectivity index (χ1) is 17.8. The normalized spacial score (nSPS) is 14.5. The standard InChI is InChI=1S/C28H26ClFN2O4S/c1-4-34-22-11-9-21(10-12-22)32-27(33)24(31(3)28(32)37)15-19-14-23(29)26(25(16-19)35-5-2)36-17-18-7-6-8-20(30)13-18/h6-16H,4-5,17H2,1-3H3/b24-15-. The van der Waals surface area contributed by atoms with Crippen LogP contribution in [-0.4, -0.2) is 36.2 Å². The van der Waals surface area contributed by atoms with E-state index in [4.69, 9.17) is 38.0 Å². The van der Waals surface area contributed by atoms with Crippen molar-refractivity contribution in [3.8, 4) is 17.2 Å². The van der Waals surface area contributed by atoms with Gasteiger partial charge in [0.15, 0.2) is 16.6 Å². The second-order valence-corrected chi connectivity index (χ2v) is 8.89. The lowest BCUT2D eigenvalue weighted by atomic mass is 10.1. The summed E-state index contributed by atoms with van der Waals surface area (Å²) in [5, 5.41) is 0.653. The Labute approximate surface area is 225 Å². The molecule has 0 saturated carbocycles. The summed E-state index contributed by atoms with van der Waals surface area (Å²) in [5.74, 6) is 0.856. The molecule has 0 atom stereocenters. The van der Waals surface area contributed by atoms with Crippen molar-refractivity contribution < 1.29 is 23.4 Å². The molecule has 1 amide bonds. The Morgan fingerprint density at radius 1 is 1.00 bits per heavy atom. The molecule has 6 nitrogen and oxygen atoms in total. The number of hydrogen-bond donors (Lipinski definition) is 0. The highest BCUT2D eigenvalue weighted by Gasteiger charge is 2.36. The van der Waals surface area contributed by atoms with Crippen LogP contribution in [0.2, 0.25) is 5.02 Å². The van der Waals surface area contributed by atoms with Gasteiger partial charge in [-0.3, -0.25) is 9.69 Å². The Morgan fingerprint density at radius 2 is 1.73 bits per heavy atom. The van der Waals surface area contributed by atoms with Crippen molar-refractivity contribution in [2.24, 2.45) is 0 Å². The van der Waals surface area contributed by atoms with Crippen LogP contribution < -0.4 is 19.1 Å². The lowest BCUT2D eigenvalue weighted by molar-refractivity contribution is -0.114. The number of hydrogen-bond acceptors (Lipinski definition) is 5. The molecule has 37 heavy (non-hydrogen) atoms. The molecule has 1 heterocycles. The molecule has 9 heteroatoms. The van der Waals surface area contributed by atoms with E-state index in [1.165, 1.54) is 17.0 Å². The summed E-state index contributed by atoms with van der Waals surface area (Å²) in [7, 11) is 1.74. The molecule has 0 aliphatic carbocycles. The van der Waals surface area contributed by atoms with Gasteiger partial charge in [-0.2, -0.15) is 0 Å². The molecule has 1 aliphatic heterocycles. The molecule has 0 aromatic heterocycles. The van der Waals surface area contributed by atoms with Crippen LogP contribution in [0.4, 0.5) is 10.1 Å². The summed E-state index contributed by atoms with van der Waals surface area (Å²) in [6, 6.07) is 16.7. The molecule has 4 rings (SSSR count). The first kappa shape index (κ1) is 26.4. The van der Waals surface area contributed by atoms with Crippen LogP contribution in [0.5, 0.6) is 17.2 Å². The number of thiocarbonyl (C=S) groups is 1. The number of anilines is 1. The second-order valence-electron chi connectivity index (χ2n) is 8.12. The molecule has 0 bridgehead atoms. The summed E-state index contributed by atoms with van der Waals surface area (Å²) in [6.45, 7) is 4.80. The van der Waals surface area contributed by atoms with Crippen LogP contribution in [0, 0.1) is 5.82 Å². The van der Waals surface area contributed by atoms with Crippen molar-refractivity contribution in [2.75, 3.05) is 25.2 Å². The monoisotopic (exact) mass is 540 g/mol. The van der Waals surface area contributed by atoms with Crippen LogP contribution >= 0.6 is 23.8 Å². The quantitative estimate of drug-likeness (QED) is 0.229. The van der Waals surface area contributed by atoms with Gasteiger partial charge >= 0.3 is 0 Å². The van der Waals surface area contributed by atoms with Gasteiger partial charge in [-0.1, -0.05) is 23.7 Å². The maximum atomic E-state index is 13.5. The lowest BCUT2D eigenvalue weighted by Gasteiger charge is -2.17. The number of amides is 1. The van der Waals surface area contributed by atoms with Crippen LogP contribution in [-0.2, 0) is 11.4 Å². The van der Waals surface area contributed by atoms with Gasteiger partial charge in [0.05, 0.1) is 23.9 Å². The van der Waals surface area contributed by atoms with E-state index in [1.54, 1.807) is 66.6 Å². The second kappa shape index (κ2) is 11.6. The molecule has 3 aromatic carbocycles. The Hall–Kier alpha value is -3.62. The average Bonchev–Trinajstić information content (AvgIpc) is 3.07. The number of benzene rings is 3. The fourth-order valence-corrected chi connectivity index (χ4v) is 4.42. The molecular formula is C28H26ClFN2O4S. The summed E-state index contributed by atoms with van der Waals surface area (Å²) in [6.07, 6.45) is 1.70. The Morgan fingerprint density at radius 3 is 2.41 bits per heavy atom. The van der Waals surface area contributed by atoms with E-state index in [2.05, 4.69) is 0 Å². The van der Waals surface area contributed by atoms with Crippen molar-refractivity contribution in [2.45, 2.75) is 20.5 Å². The first-order valence-electron chi connectivity index (χ1n) is 11.7. The summed E-state index contributed by atoms with van der Waals surface area (Å²) in [4.78, 5) is 16.5. The zero-order valence-electron chi connectivity index (χ0n) is 20.7. The Bertz CT molecular complexity index is 1350. The number of carbonyl (C=O) groups is 1. The van der Waals surface area contributed by atoms with Crippen molar-refractivity contribution in [3.05, 3.63) is 88.3 Å². The molecule has 0 radical (unpaired) electrons. The molecule has 3 aromatic rings. The van der Waals surface area contributed by atoms with Crippen LogP contribution in [0.15, 0.2) is 66.4 Å². The lowest BCUT2D eigenvalue weighted by Crippen LogP contribution is -2.31. The Kier molecular flexibility index (Phi) is 8.31. The third-order valence-electron chi connectivity index (χ3n) is 5.57. The molecule has 0 N–H and O–H groups in total. The van der Waals surface area contributed by atoms with E-state index in [9.17, 15) is 9.18 Å². The van der Waals surface area contributed by atoms with E-state index in [-0.39, 0.29) is 18.3 Å². The van der Waals surface area contributed by atoms with E-state index >= 15 is 0 Å². The first-order valence-corrected chi connectivity index (χ1v) is 12.5. The predicted molar refractivity (Wildman–Crippen MR) is 147 cm³/mol. The maximum absolute atomic E-state index is 13.5. The summed E-state index contributed by atoms with van der Waals surface area (Å²) >= 11 is 12.1. The zero-order valence-corrected chi connectivity index (χ0v) is 22.2. The highest BCUT2D eigenvalue weighted by atomic mass is 35.5. The van der Waals surface area contributed by atoms with Crippen molar-refractivity contribution in [1.29, 1.82) is 0 Å². The molecule has 0 unspecified atom stereocenters. The van der Waals surface area contributed by atoms with Crippen LogP contribution in [0.25, 0.3) is 6.08 Å². The number of carbonyl (C=O) groups excluding carboxylic acids is 1. The Balaban J connectivity index is 1.61. The SMILES string of the molecule is CCOc1ccc(N2C(=O)/C(=C/c3cc(Cl)c(OCc4cccc(F)c4)c(OCC)c3)N(C)C2=S)cc1. The maximum Gasteiger partial charge on any atom is 0.281 e. The van der Waals surface area contributed by atoms with E-state index in [0.717, 1.165) is 0 Å². The number of nitrogens with zero attached hydrogens (tertiary/aromatic N) is 2. The van der Waals surface area contributed by atoms with Crippen molar-refractivity contribution in [1.82, 2.24) is 4.90 Å². The van der Waals surface area contributed by atoms with Gasteiger partial charge < -0.3 is 19.1 Å². The van der Waals surface area contributed by atoms with E-state index in [0.29, 0.717) is 63.1 Å². The van der Waals surface area contributed by atoms with Gasteiger partial charge in [-0.15, -0.1) is 0 Å². The zero-order chi connectivity index (χ0) is 26.5. The third-order valence-corrected chi connectivity index (χ3v) is 6.31. The molecular weight excluding hydrogens is 515 g/mol. The van der Waals surface area contributed by atoms with Gasteiger partial charge in [0.25, 0.3) is 5.91 Å². The van der Waals surface area contributed by atoms with Crippen molar-refractivity contribution >= 4 is 46.6 Å². The summed E-state index contributed by atoms with van der Waals surface area (Å²) in [5.41, 5.74) is 2.32. The van der Waals surface area contributed by atoms with E-state index in [1.807, 2.05) is 13.8 Å². The topological polar surface area (TPSA) is 51.2 Å². The molecule has 0 spiro atoms. The molecule has 192 valence electrons. The fraction of sp³-hybridized carbons (Fsp3) is 0.214. The summed E-state index contributed by atoms with van der Waals surface area (Å²) < 4.78 is 30.7. The highest BCUT2D eigenvalue weighted by Crippen LogP contribution is 2.38. The van der Waals surface area contributed by atoms with Gasteiger partial charge in [-0.05, 0) is 91.8 Å². The van der Waals surface area contributed by atoms with E-state index < -0.39 is 0 Å². The highest BCUT2D eigenvalue weighted by molar-refractivity contribution is 7.80. The molecule has 1 fully saturated rings. The minimum atomic E-state index is -0.346. The van der Waals surface area contributed by atoms with Gasteiger partial charge in [0, 0.05) is 7.05 Å². The molecule has 1 saturated heterocycles. The minimum absolute atomic E-state index is 0.116. The fourth-order valence-electron chi connectivity index (χ4n) is 3.86. The number of likely N-dealkylation sites (N-methyl/N-ethyl adjacent to an activating group) is 1. The number of rotatable bonds is 9. The molecule has 1 aliphatic rings. The predicted octanol–water partition coefficient (Wildman–Crippen LogP) is 6.46. The third kappa shape index (κ3) is 5.87. The number of ether oxygens (including phenoxy) is 3. The smallest absolute Gasteiger partial charge is 0.281 e. The van der Waals surface area contributed by atoms with Gasteiger partial charge in [0.2, 0.25) is 0 Å². The van der Waals surface area contributed by atoms with Gasteiger partial charge in [-0.25, -0.2) is 4.39 Å². The van der Waals surface area contributed by atoms with Crippen molar-refractivity contribution in [3.63, 3.8) is 0 Å². The largest absolute Gasteiger partial charge is 0.494 e. The van der Waals surface area contributed by atoms with Crippen LogP contribution in [0.1, 0.15) is 25.0 Å². The number of halogens is 2. The minimum Gasteiger partial charge on any atom is -0.494 e. The van der Waals surface area contributed by atoms with Gasteiger partial charge in [0.1, 0.15) is 23.9 Å².